The van der Waals surface area contributed by atoms with Crippen LogP contribution in [0.4, 0.5) is 0 Å². The van der Waals surface area contributed by atoms with Crippen molar-refractivity contribution >= 4 is 5.91 Å². The van der Waals surface area contributed by atoms with Gasteiger partial charge in [0.25, 0.3) is 0 Å². The first-order valence-corrected chi connectivity index (χ1v) is 7.49. The lowest BCUT2D eigenvalue weighted by atomic mass is 10.1. The zero-order chi connectivity index (χ0) is 13.0. The third-order valence-electron chi connectivity index (χ3n) is 4.39. The van der Waals surface area contributed by atoms with Crippen LogP contribution in [-0.4, -0.2) is 60.5 Å². The van der Waals surface area contributed by atoms with Gasteiger partial charge in [-0.2, -0.15) is 0 Å². The van der Waals surface area contributed by atoms with Gasteiger partial charge in [0.15, 0.2) is 0 Å². The van der Waals surface area contributed by atoms with Crippen LogP contribution in [0.3, 0.4) is 0 Å². The molecule has 0 saturated carbocycles. The second kappa shape index (κ2) is 6.53. The number of rotatable bonds is 4. The first-order valence-electron chi connectivity index (χ1n) is 7.49. The molecule has 4 heteroatoms. The molecule has 2 unspecified atom stereocenters. The number of nitrogens with zero attached hydrogens (tertiary/aromatic N) is 2. The molecule has 2 aliphatic heterocycles. The Balaban J connectivity index is 1.94. The van der Waals surface area contributed by atoms with E-state index in [1.807, 2.05) is 0 Å². The SMILES string of the molecule is CCN(C1CCNC1)C(C)C(=O)N1CCCCC1. The van der Waals surface area contributed by atoms with Gasteiger partial charge in [-0.1, -0.05) is 6.92 Å². The Labute approximate surface area is 111 Å². The van der Waals surface area contributed by atoms with Gasteiger partial charge in [0, 0.05) is 25.7 Å². The van der Waals surface area contributed by atoms with Crippen LogP contribution in [0.2, 0.25) is 0 Å². The number of likely N-dealkylation sites (N-methyl/N-ethyl adjacent to an activating group) is 1. The molecule has 1 amide bonds. The minimum Gasteiger partial charge on any atom is -0.341 e. The monoisotopic (exact) mass is 253 g/mol. The Morgan fingerprint density at radius 1 is 1.39 bits per heavy atom. The molecule has 0 bridgehead atoms. The zero-order valence-corrected chi connectivity index (χ0v) is 11.8. The number of piperidine rings is 1. The molecular formula is C14H27N3O. The van der Waals surface area contributed by atoms with Crippen molar-refractivity contribution in [3.63, 3.8) is 0 Å². The van der Waals surface area contributed by atoms with Crippen molar-refractivity contribution in [2.24, 2.45) is 0 Å². The molecule has 2 aliphatic rings. The normalized spacial score (nSPS) is 26.6. The van der Waals surface area contributed by atoms with Gasteiger partial charge >= 0.3 is 0 Å². The lowest BCUT2D eigenvalue weighted by Gasteiger charge is -2.36. The fourth-order valence-corrected chi connectivity index (χ4v) is 3.29. The summed E-state index contributed by atoms with van der Waals surface area (Å²) in [5, 5.41) is 3.39. The maximum absolute atomic E-state index is 12.5. The van der Waals surface area contributed by atoms with Crippen LogP contribution in [-0.2, 0) is 4.79 Å². The average Bonchev–Trinajstić information content (AvgIpc) is 2.93. The summed E-state index contributed by atoms with van der Waals surface area (Å²) in [4.78, 5) is 17.0. The van der Waals surface area contributed by atoms with Crippen molar-refractivity contribution in [3.05, 3.63) is 0 Å². The van der Waals surface area contributed by atoms with Crippen molar-refractivity contribution in [2.45, 2.75) is 51.6 Å². The van der Waals surface area contributed by atoms with Crippen LogP contribution in [0, 0.1) is 0 Å². The highest BCUT2D eigenvalue weighted by Crippen LogP contribution is 2.16. The van der Waals surface area contributed by atoms with Crippen LogP contribution in [0.15, 0.2) is 0 Å². The van der Waals surface area contributed by atoms with Gasteiger partial charge in [-0.25, -0.2) is 0 Å². The van der Waals surface area contributed by atoms with Crippen LogP contribution in [0.25, 0.3) is 0 Å². The molecule has 0 spiro atoms. The quantitative estimate of drug-likeness (QED) is 0.814. The topological polar surface area (TPSA) is 35.6 Å². The Hall–Kier alpha value is -0.610. The maximum Gasteiger partial charge on any atom is 0.239 e. The van der Waals surface area contributed by atoms with Gasteiger partial charge in [0.1, 0.15) is 0 Å². The molecule has 2 heterocycles. The summed E-state index contributed by atoms with van der Waals surface area (Å²) in [7, 11) is 0. The highest BCUT2D eigenvalue weighted by molar-refractivity contribution is 5.81. The molecule has 0 aromatic carbocycles. The Morgan fingerprint density at radius 3 is 2.67 bits per heavy atom. The van der Waals surface area contributed by atoms with E-state index >= 15 is 0 Å². The highest BCUT2D eigenvalue weighted by Gasteiger charge is 2.31. The number of carbonyl (C=O) groups is 1. The Kier molecular flexibility index (Phi) is 5.01. The number of amides is 1. The van der Waals surface area contributed by atoms with Gasteiger partial charge in [0.05, 0.1) is 6.04 Å². The van der Waals surface area contributed by atoms with Gasteiger partial charge in [-0.05, 0) is 45.7 Å². The predicted molar refractivity (Wildman–Crippen MR) is 73.5 cm³/mol. The summed E-state index contributed by atoms with van der Waals surface area (Å²) in [5.41, 5.74) is 0. The highest BCUT2D eigenvalue weighted by atomic mass is 16.2. The zero-order valence-electron chi connectivity index (χ0n) is 11.8. The van der Waals surface area contributed by atoms with E-state index in [0.29, 0.717) is 11.9 Å². The van der Waals surface area contributed by atoms with E-state index in [-0.39, 0.29) is 6.04 Å². The van der Waals surface area contributed by atoms with E-state index in [4.69, 9.17) is 0 Å². The first-order chi connectivity index (χ1) is 8.74. The number of nitrogens with one attached hydrogen (secondary N) is 1. The summed E-state index contributed by atoms with van der Waals surface area (Å²) in [6.07, 6.45) is 4.80. The molecule has 104 valence electrons. The maximum atomic E-state index is 12.5. The molecule has 2 fully saturated rings. The lowest BCUT2D eigenvalue weighted by molar-refractivity contribution is -0.138. The third kappa shape index (κ3) is 3.04. The molecule has 1 N–H and O–H groups in total. The summed E-state index contributed by atoms with van der Waals surface area (Å²) < 4.78 is 0. The second-order valence-electron chi connectivity index (χ2n) is 5.54. The molecule has 2 rings (SSSR count). The van der Waals surface area contributed by atoms with Gasteiger partial charge < -0.3 is 10.2 Å². The van der Waals surface area contributed by atoms with Crippen molar-refractivity contribution in [1.82, 2.24) is 15.1 Å². The number of hydrogen-bond donors (Lipinski definition) is 1. The summed E-state index contributed by atoms with van der Waals surface area (Å²) in [6, 6.07) is 0.580. The van der Waals surface area contributed by atoms with Crippen molar-refractivity contribution in [2.75, 3.05) is 32.7 Å². The molecular weight excluding hydrogens is 226 g/mol. The number of hydrogen-bond acceptors (Lipinski definition) is 3. The fourth-order valence-electron chi connectivity index (χ4n) is 3.29. The van der Waals surface area contributed by atoms with Gasteiger partial charge in [-0.15, -0.1) is 0 Å². The lowest BCUT2D eigenvalue weighted by Crippen LogP contribution is -2.52. The van der Waals surface area contributed by atoms with E-state index in [0.717, 1.165) is 32.7 Å². The average molecular weight is 253 g/mol. The molecule has 0 aliphatic carbocycles. The minimum absolute atomic E-state index is 0.0398. The Bertz CT molecular complexity index is 270. The summed E-state index contributed by atoms with van der Waals surface area (Å²) in [5.74, 6) is 0.337. The van der Waals surface area contributed by atoms with E-state index in [1.54, 1.807) is 0 Å². The number of carbonyl (C=O) groups excluding carboxylic acids is 1. The fraction of sp³-hybridized carbons (Fsp3) is 0.929. The first kappa shape index (κ1) is 13.8. The summed E-state index contributed by atoms with van der Waals surface area (Å²) in [6.45, 7) is 9.26. The standard InChI is InChI=1S/C14H27N3O/c1-3-17(13-7-8-15-11-13)12(2)14(18)16-9-5-4-6-10-16/h12-13,15H,3-11H2,1-2H3. The van der Waals surface area contributed by atoms with Crippen molar-refractivity contribution in [1.29, 1.82) is 0 Å². The largest absolute Gasteiger partial charge is 0.341 e. The van der Waals surface area contributed by atoms with E-state index in [1.165, 1.54) is 25.7 Å². The third-order valence-corrected chi connectivity index (χ3v) is 4.39. The molecule has 0 aromatic rings. The van der Waals surface area contributed by atoms with Gasteiger partial charge in [0.2, 0.25) is 5.91 Å². The molecule has 0 aromatic heterocycles. The van der Waals surface area contributed by atoms with E-state index in [2.05, 4.69) is 29.0 Å². The number of likely N-dealkylation sites (tertiary alicyclic amines) is 1. The molecule has 18 heavy (non-hydrogen) atoms. The smallest absolute Gasteiger partial charge is 0.239 e. The van der Waals surface area contributed by atoms with E-state index < -0.39 is 0 Å². The van der Waals surface area contributed by atoms with Crippen LogP contribution in [0.5, 0.6) is 0 Å². The predicted octanol–water partition coefficient (Wildman–Crippen LogP) is 1.07. The van der Waals surface area contributed by atoms with E-state index in [9.17, 15) is 4.79 Å². The Morgan fingerprint density at radius 2 is 2.11 bits per heavy atom. The van der Waals surface area contributed by atoms with Crippen LogP contribution >= 0.6 is 0 Å². The van der Waals surface area contributed by atoms with Crippen LogP contribution in [0.1, 0.15) is 39.5 Å². The second-order valence-corrected chi connectivity index (χ2v) is 5.54. The van der Waals surface area contributed by atoms with Crippen molar-refractivity contribution < 1.29 is 4.79 Å². The molecule has 0 radical (unpaired) electrons. The van der Waals surface area contributed by atoms with Gasteiger partial charge in [-0.3, -0.25) is 9.69 Å². The van der Waals surface area contributed by atoms with Crippen LogP contribution < -0.4 is 5.32 Å². The summed E-state index contributed by atoms with van der Waals surface area (Å²) >= 11 is 0. The molecule has 4 nitrogen and oxygen atoms in total. The van der Waals surface area contributed by atoms with Crippen molar-refractivity contribution in [3.8, 4) is 0 Å². The molecule has 2 atom stereocenters. The minimum atomic E-state index is 0.0398. The molecule has 2 saturated heterocycles.